The minimum absolute atomic E-state index is 0.0484. The highest BCUT2D eigenvalue weighted by molar-refractivity contribution is 7.92. The molecule has 31 heavy (non-hydrogen) atoms. The van der Waals surface area contributed by atoms with Gasteiger partial charge < -0.3 is 10.5 Å². The molecule has 0 amide bonds. The van der Waals surface area contributed by atoms with Gasteiger partial charge in [-0.2, -0.15) is 0 Å². The van der Waals surface area contributed by atoms with E-state index in [4.69, 9.17) is 5.41 Å². The number of hydrogen-bond acceptors (Lipinski definition) is 4. The molecule has 2 N–H and O–H groups in total. The molecule has 2 aliphatic rings. The lowest BCUT2D eigenvalue weighted by Crippen LogP contribution is -2.46. The highest BCUT2D eigenvalue weighted by atomic mass is 32.2. The summed E-state index contributed by atoms with van der Waals surface area (Å²) in [6.07, 6.45) is 4.63. The minimum Gasteiger partial charge on any atom is -0.389 e. The Balaban J connectivity index is 0.000000262. The molecular formula is C26H43NO3S. The third-order valence-electron chi connectivity index (χ3n) is 7.36. The lowest BCUT2D eigenvalue weighted by molar-refractivity contribution is 0.000348. The van der Waals surface area contributed by atoms with Crippen LogP contribution in [0.5, 0.6) is 0 Å². The van der Waals surface area contributed by atoms with E-state index in [9.17, 15) is 13.5 Å². The largest absolute Gasteiger partial charge is 0.389 e. The monoisotopic (exact) mass is 449 g/mol. The van der Waals surface area contributed by atoms with E-state index in [0.717, 1.165) is 31.4 Å². The van der Waals surface area contributed by atoms with Crippen molar-refractivity contribution in [3.05, 3.63) is 35.4 Å². The van der Waals surface area contributed by atoms with Crippen LogP contribution in [0.4, 0.5) is 0 Å². The van der Waals surface area contributed by atoms with Crippen LogP contribution in [0.2, 0.25) is 0 Å². The highest BCUT2D eigenvalue weighted by Crippen LogP contribution is 2.51. The quantitative estimate of drug-likeness (QED) is 0.608. The van der Waals surface area contributed by atoms with E-state index < -0.39 is 20.7 Å². The van der Waals surface area contributed by atoms with Gasteiger partial charge in [-0.1, -0.05) is 57.5 Å². The Morgan fingerprint density at radius 2 is 1.58 bits per heavy atom. The van der Waals surface area contributed by atoms with E-state index in [1.807, 2.05) is 0 Å². The van der Waals surface area contributed by atoms with Gasteiger partial charge in [-0.05, 0) is 76.2 Å². The van der Waals surface area contributed by atoms with Crippen molar-refractivity contribution in [2.75, 3.05) is 5.75 Å². The van der Waals surface area contributed by atoms with Gasteiger partial charge in [0.25, 0.3) is 0 Å². The van der Waals surface area contributed by atoms with Crippen molar-refractivity contribution < 1.29 is 13.5 Å². The molecule has 176 valence electrons. The topological polar surface area (TPSA) is 78.2 Å². The predicted octanol–water partition coefficient (Wildman–Crippen LogP) is 5.84. The molecule has 0 bridgehead atoms. The third kappa shape index (κ3) is 6.41. The lowest BCUT2D eigenvalue weighted by Gasteiger charge is -2.42. The standard InChI is InChI=1S/C15H27NO3S.C11H16/c1-11(2)20(18,19)10-15(17)8-6-14(7-9-15)5-4-12(3)13(14)16;1-9-5-7-10(8-6-9)11(2,3)4/h11-12,16-17H,4-10H2,1-3H3;5-8H,1-4H3. The average Bonchev–Trinajstić information content (AvgIpc) is 2.93. The Morgan fingerprint density at radius 1 is 1.06 bits per heavy atom. The second-order valence-electron chi connectivity index (χ2n) is 11.3. The van der Waals surface area contributed by atoms with Crippen LogP contribution in [0.3, 0.4) is 0 Å². The zero-order chi connectivity index (χ0) is 23.7. The molecule has 1 aromatic carbocycles. The molecule has 1 aromatic rings. The highest BCUT2D eigenvalue weighted by Gasteiger charge is 2.49. The Bertz CT molecular complexity index is 855. The van der Waals surface area contributed by atoms with Crippen LogP contribution in [0, 0.1) is 23.7 Å². The van der Waals surface area contributed by atoms with Crippen LogP contribution >= 0.6 is 0 Å². The maximum atomic E-state index is 12.0. The molecule has 0 radical (unpaired) electrons. The Kier molecular flexibility index (Phi) is 7.86. The van der Waals surface area contributed by atoms with Crippen molar-refractivity contribution in [2.45, 2.75) is 103 Å². The molecule has 0 heterocycles. The number of sulfone groups is 1. The van der Waals surface area contributed by atoms with E-state index in [2.05, 4.69) is 58.9 Å². The first-order valence-corrected chi connectivity index (χ1v) is 13.4. The van der Waals surface area contributed by atoms with Crippen LogP contribution in [-0.2, 0) is 15.3 Å². The Morgan fingerprint density at radius 3 is 1.97 bits per heavy atom. The normalized spacial score (nSPS) is 29.2. The Hall–Kier alpha value is -1.20. The first-order valence-electron chi connectivity index (χ1n) is 11.7. The van der Waals surface area contributed by atoms with Crippen LogP contribution in [0.25, 0.3) is 0 Å². The number of aryl methyl sites for hydroxylation is 1. The van der Waals surface area contributed by atoms with Crippen molar-refractivity contribution >= 4 is 15.5 Å². The number of benzene rings is 1. The first kappa shape index (κ1) is 26.1. The van der Waals surface area contributed by atoms with Crippen molar-refractivity contribution in [3.63, 3.8) is 0 Å². The number of rotatable bonds is 3. The summed E-state index contributed by atoms with van der Waals surface area (Å²) in [4.78, 5) is 0. The molecule has 5 heteroatoms. The van der Waals surface area contributed by atoms with Gasteiger partial charge in [0.2, 0.25) is 0 Å². The molecular weight excluding hydrogens is 406 g/mol. The summed E-state index contributed by atoms with van der Waals surface area (Å²) in [5.74, 6) is 0.219. The second-order valence-corrected chi connectivity index (χ2v) is 13.9. The zero-order valence-corrected chi connectivity index (χ0v) is 21.4. The molecule has 0 aromatic heterocycles. The smallest absolute Gasteiger partial charge is 0.155 e. The summed E-state index contributed by atoms with van der Waals surface area (Å²) in [7, 11) is -3.22. The fourth-order valence-corrected chi connectivity index (χ4v) is 6.12. The molecule has 0 saturated heterocycles. The molecule has 3 rings (SSSR count). The van der Waals surface area contributed by atoms with Crippen molar-refractivity contribution in [2.24, 2.45) is 11.3 Å². The molecule has 1 atom stereocenters. The molecule has 1 spiro atoms. The van der Waals surface area contributed by atoms with Gasteiger partial charge in [0.1, 0.15) is 0 Å². The predicted molar refractivity (Wildman–Crippen MR) is 131 cm³/mol. The van der Waals surface area contributed by atoms with Crippen LogP contribution in [0.15, 0.2) is 24.3 Å². The van der Waals surface area contributed by atoms with E-state index >= 15 is 0 Å². The summed E-state index contributed by atoms with van der Waals surface area (Å²) < 4.78 is 24.1. The van der Waals surface area contributed by atoms with Gasteiger partial charge in [-0.25, -0.2) is 8.42 Å². The Labute approximate surface area is 190 Å². The van der Waals surface area contributed by atoms with Crippen molar-refractivity contribution in [3.8, 4) is 0 Å². The van der Waals surface area contributed by atoms with Crippen molar-refractivity contribution in [1.82, 2.24) is 0 Å². The van der Waals surface area contributed by atoms with Gasteiger partial charge in [0, 0.05) is 11.1 Å². The van der Waals surface area contributed by atoms with Gasteiger partial charge in [0.05, 0.1) is 16.6 Å². The maximum Gasteiger partial charge on any atom is 0.155 e. The number of hydrogen-bond donors (Lipinski definition) is 2. The molecule has 2 fully saturated rings. The zero-order valence-electron chi connectivity index (χ0n) is 20.6. The summed E-state index contributed by atoms with van der Waals surface area (Å²) in [6.45, 7) is 14.2. The van der Waals surface area contributed by atoms with Gasteiger partial charge in [0.15, 0.2) is 9.84 Å². The van der Waals surface area contributed by atoms with E-state index in [1.165, 1.54) is 11.1 Å². The SMILES string of the molecule is CC1CCC2(CCC(O)(CS(=O)(=O)C(C)C)CC2)C1=N.Cc1ccc(C(C)(C)C)cc1. The molecule has 2 aliphatic carbocycles. The van der Waals surface area contributed by atoms with E-state index in [-0.39, 0.29) is 16.6 Å². The fourth-order valence-electron chi connectivity index (χ4n) is 4.75. The third-order valence-corrected chi connectivity index (χ3v) is 9.74. The molecule has 2 saturated carbocycles. The summed E-state index contributed by atoms with van der Waals surface area (Å²) in [5, 5.41) is 18.4. The van der Waals surface area contributed by atoms with Crippen LogP contribution in [0.1, 0.15) is 91.2 Å². The molecule has 1 unspecified atom stereocenters. The van der Waals surface area contributed by atoms with E-state index in [0.29, 0.717) is 18.8 Å². The number of aliphatic hydroxyl groups is 1. The number of nitrogens with one attached hydrogen (secondary N) is 1. The second kappa shape index (κ2) is 9.35. The van der Waals surface area contributed by atoms with Gasteiger partial charge in [-0.3, -0.25) is 0 Å². The fraction of sp³-hybridized carbons (Fsp3) is 0.731. The summed E-state index contributed by atoms with van der Waals surface area (Å²) >= 11 is 0. The summed E-state index contributed by atoms with van der Waals surface area (Å²) in [5.41, 5.74) is 2.72. The average molecular weight is 450 g/mol. The lowest BCUT2D eigenvalue weighted by atomic mass is 9.67. The summed E-state index contributed by atoms with van der Waals surface area (Å²) in [6, 6.07) is 8.74. The van der Waals surface area contributed by atoms with Crippen LogP contribution in [-0.4, -0.2) is 35.8 Å². The molecule has 0 aliphatic heterocycles. The molecule has 4 nitrogen and oxygen atoms in total. The van der Waals surface area contributed by atoms with Gasteiger partial charge in [-0.15, -0.1) is 0 Å². The minimum atomic E-state index is -3.22. The van der Waals surface area contributed by atoms with E-state index in [1.54, 1.807) is 13.8 Å². The first-order chi connectivity index (χ1) is 14.1. The van der Waals surface area contributed by atoms with Gasteiger partial charge >= 0.3 is 0 Å². The van der Waals surface area contributed by atoms with Crippen molar-refractivity contribution in [1.29, 1.82) is 5.41 Å². The maximum absolute atomic E-state index is 12.0. The van der Waals surface area contributed by atoms with Crippen LogP contribution < -0.4 is 0 Å².